The highest BCUT2D eigenvalue weighted by Gasteiger charge is 2.35. The molecule has 1 aliphatic heterocycles. The topological polar surface area (TPSA) is 98.8 Å². The Kier molecular flexibility index (Phi) is 8.06. The lowest BCUT2D eigenvalue weighted by Gasteiger charge is -2.36. The fourth-order valence-corrected chi connectivity index (χ4v) is 4.50. The molecule has 8 nitrogen and oxygen atoms in total. The van der Waals surface area contributed by atoms with E-state index in [1.54, 1.807) is 11.8 Å². The van der Waals surface area contributed by atoms with E-state index in [1.165, 1.54) is 0 Å². The molecule has 1 heterocycles. The molecule has 0 radical (unpaired) electrons. The maximum Gasteiger partial charge on any atom is 0.416 e. The molecule has 0 aromatic heterocycles. The van der Waals surface area contributed by atoms with Crippen LogP contribution in [0.1, 0.15) is 26.3 Å². The van der Waals surface area contributed by atoms with Gasteiger partial charge in [0.1, 0.15) is 0 Å². The molecule has 1 aromatic carbocycles. The molecule has 1 atom stereocenters. The van der Waals surface area contributed by atoms with Crippen LogP contribution in [-0.2, 0) is 21.0 Å². The third-order valence-corrected chi connectivity index (χ3v) is 6.80. The van der Waals surface area contributed by atoms with Gasteiger partial charge in [0.2, 0.25) is 15.9 Å². The van der Waals surface area contributed by atoms with Gasteiger partial charge in [0, 0.05) is 32.7 Å². The fourth-order valence-electron chi connectivity index (χ4n) is 3.04. The monoisotopic (exact) mass is 464 g/mol. The summed E-state index contributed by atoms with van der Waals surface area (Å²) < 4.78 is 65.3. The zero-order chi connectivity index (χ0) is 23.4. The van der Waals surface area contributed by atoms with Gasteiger partial charge in [-0.25, -0.2) is 13.2 Å². The number of hydrogen-bond donors (Lipinski definition) is 2. The summed E-state index contributed by atoms with van der Waals surface area (Å²) in [5, 5.41) is 4.82. The maximum absolute atomic E-state index is 12.9. The number of hydrogen-bond acceptors (Lipinski definition) is 5. The lowest BCUT2D eigenvalue weighted by Crippen LogP contribution is -2.56. The molecule has 2 N–H and O–H groups in total. The smallest absolute Gasteiger partial charge is 0.338 e. The molecule has 0 bridgehead atoms. The number of alkyl halides is 3. The molecule has 1 unspecified atom stereocenters. The van der Waals surface area contributed by atoms with Gasteiger partial charge >= 0.3 is 12.2 Å². The molecule has 31 heavy (non-hydrogen) atoms. The second kappa shape index (κ2) is 9.96. The Balaban J connectivity index is 1.97. The van der Waals surface area contributed by atoms with Crippen molar-refractivity contribution in [3.63, 3.8) is 0 Å². The summed E-state index contributed by atoms with van der Waals surface area (Å²) in [6.07, 6.45) is -4.64. The molecule has 0 saturated carbocycles. The normalized spacial score (nSPS) is 17.4. The Morgan fingerprint density at radius 1 is 1.10 bits per heavy atom. The summed E-state index contributed by atoms with van der Waals surface area (Å²) in [7, 11) is -4.11. The predicted molar refractivity (Wildman–Crippen MR) is 108 cm³/mol. The summed E-state index contributed by atoms with van der Waals surface area (Å²) in [6.45, 7) is 6.25. The van der Waals surface area contributed by atoms with Crippen molar-refractivity contribution in [1.82, 2.24) is 19.8 Å². The molecule has 12 heteroatoms. The third-order valence-electron chi connectivity index (χ3n) is 4.91. The number of nitrogens with one attached hydrogen (secondary N) is 2. The molecule has 1 fully saturated rings. The number of rotatable bonds is 6. The van der Waals surface area contributed by atoms with Gasteiger partial charge in [-0.2, -0.15) is 17.5 Å². The number of amides is 3. The van der Waals surface area contributed by atoms with E-state index >= 15 is 0 Å². The SMILES string of the molecule is CC(C)CNC(=O)NC(=O)C(C)N1CCN(S(=O)(=O)c2cccc(C(F)(F)F)c2)CC1. The molecule has 174 valence electrons. The Morgan fingerprint density at radius 2 is 1.71 bits per heavy atom. The van der Waals surface area contributed by atoms with Gasteiger partial charge in [0.05, 0.1) is 16.5 Å². The third kappa shape index (κ3) is 6.65. The van der Waals surface area contributed by atoms with Crippen LogP contribution < -0.4 is 10.6 Å². The largest absolute Gasteiger partial charge is 0.416 e. The van der Waals surface area contributed by atoms with Crippen molar-refractivity contribution in [3.05, 3.63) is 29.8 Å². The van der Waals surface area contributed by atoms with Crippen LogP contribution in [0.15, 0.2) is 29.2 Å². The zero-order valence-corrected chi connectivity index (χ0v) is 18.4. The van der Waals surface area contributed by atoms with Crippen molar-refractivity contribution in [2.24, 2.45) is 5.92 Å². The minimum absolute atomic E-state index is 0.00967. The van der Waals surface area contributed by atoms with Crippen LogP contribution in [0.3, 0.4) is 0 Å². The van der Waals surface area contributed by atoms with Gasteiger partial charge in [0.25, 0.3) is 0 Å². The standard InChI is InChI=1S/C19H27F3N4O4S/c1-13(2)12-23-18(28)24-17(27)14(3)25-7-9-26(10-8-25)31(29,30)16-6-4-5-15(11-16)19(20,21)22/h4-6,11,13-14H,7-10,12H2,1-3H3,(H2,23,24,27,28). The molecule has 1 aromatic rings. The number of imide groups is 1. The molecule has 0 spiro atoms. The van der Waals surface area contributed by atoms with Crippen LogP contribution in [0.2, 0.25) is 0 Å². The second-order valence-corrected chi connectivity index (χ2v) is 9.67. The van der Waals surface area contributed by atoms with E-state index in [-0.39, 0.29) is 32.1 Å². The van der Waals surface area contributed by atoms with Gasteiger partial charge in [-0.3, -0.25) is 15.0 Å². The highest BCUT2D eigenvalue weighted by atomic mass is 32.2. The van der Waals surface area contributed by atoms with Crippen LogP contribution in [-0.4, -0.2) is 68.3 Å². The Morgan fingerprint density at radius 3 is 2.26 bits per heavy atom. The molecular weight excluding hydrogens is 437 g/mol. The van der Waals surface area contributed by atoms with E-state index in [2.05, 4.69) is 10.6 Å². The maximum atomic E-state index is 12.9. The highest BCUT2D eigenvalue weighted by molar-refractivity contribution is 7.89. The lowest BCUT2D eigenvalue weighted by atomic mass is 10.2. The summed E-state index contributed by atoms with van der Waals surface area (Å²) in [6, 6.07) is 2.34. The minimum Gasteiger partial charge on any atom is -0.338 e. The van der Waals surface area contributed by atoms with E-state index < -0.39 is 44.6 Å². The lowest BCUT2D eigenvalue weighted by molar-refractivity contribution is -0.137. The Labute approximate surface area is 179 Å². The van der Waals surface area contributed by atoms with Gasteiger partial charge in [-0.05, 0) is 31.0 Å². The van der Waals surface area contributed by atoms with Crippen LogP contribution in [0.25, 0.3) is 0 Å². The summed E-state index contributed by atoms with van der Waals surface area (Å²) in [5.41, 5.74) is -1.03. The van der Waals surface area contributed by atoms with E-state index in [9.17, 15) is 31.2 Å². The molecule has 2 rings (SSSR count). The summed E-state index contributed by atoms with van der Waals surface area (Å²) in [4.78, 5) is 25.3. The average Bonchev–Trinajstić information content (AvgIpc) is 2.71. The molecule has 1 aliphatic rings. The van der Waals surface area contributed by atoms with Crippen LogP contribution in [0.4, 0.5) is 18.0 Å². The first-order chi connectivity index (χ1) is 14.3. The fraction of sp³-hybridized carbons (Fsp3) is 0.579. The van der Waals surface area contributed by atoms with E-state index in [0.29, 0.717) is 12.6 Å². The van der Waals surface area contributed by atoms with Crippen molar-refractivity contribution in [1.29, 1.82) is 0 Å². The van der Waals surface area contributed by atoms with Crippen LogP contribution >= 0.6 is 0 Å². The molecule has 1 saturated heterocycles. The molecular formula is C19H27F3N4O4S. The Hall–Kier alpha value is -2.18. The van der Waals surface area contributed by atoms with Crippen LogP contribution in [0, 0.1) is 5.92 Å². The Bertz CT molecular complexity index is 898. The van der Waals surface area contributed by atoms with E-state index in [1.807, 2.05) is 13.8 Å². The van der Waals surface area contributed by atoms with Crippen molar-refractivity contribution in [2.45, 2.75) is 37.9 Å². The minimum atomic E-state index is -4.64. The van der Waals surface area contributed by atoms with Gasteiger partial charge < -0.3 is 5.32 Å². The number of urea groups is 1. The van der Waals surface area contributed by atoms with Crippen LogP contribution in [0.5, 0.6) is 0 Å². The number of benzene rings is 1. The van der Waals surface area contributed by atoms with Crippen molar-refractivity contribution >= 4 is 22.0 Å². The number of sulfonamides is 1. The highest BCUT2D eigenvalue weighted by Crippen LogP contribution is 2.31. The number of nitrogens with zero attached hydrogens (tertiary/aromatic N) is 2. The first-order valence-electron chi connectivity index (χ1n) is 9.82. The number of halogens is 3. The van der Waals surface area contributed by atoms with Gasteiger partial charge in [0.15, 0.2) is 0 Å². The average molecular weight is 465 g/mol. The van der Waals surface area contributed by atoms with Gasteiger partial charge in [-0.1, -0.05) is 19.9 Å². The number of carbonyl (C=O) groups is 2. The molecule has 0 aliphatic carbocycles. The van der Waals surface area contributed by atoms with Crippen molar-refractivity contribution in [2.75, 3.05) is 32.7 Å². The second-order valence-electron chi connectivity index (χ2n) is 7.73. The van der Waals surface area contributed by atoms with Gasteiger partial charge in [-0.15, -0.1) is 0 Å². The van der Waals surface area contributed by atoms with E-state index in [0.717, 1.165) is 22.5 Å². The molecule has 3 amide bonds. The van der Waals surface area contributed by atoms with Crippen molar-refractivity contribution < 1.29 is 31.2 Å². The predicted octanol–water partition coefficient (Wildman–Crippen LogP) is 1.88. The number of carbonyl (C=O) groups excluding carboxylic acids is 2. The summed E-state index contributed by atoms with van der Waals surface area (Å²) in [5.74, 6) is -0.291. The van der Waals surface area contributed by atoms with E-state index in [4.69, 9.17) is 0 Å². The quantitative estimate of drug-likeness (QED) is 0.670. The zero-order valence-electron chi connectivity index (χ0n) is 17.6. The first-order valence-corrected chi connectivity index (χ1v) is 11.3. The van der Waals surface area contributed by atoms with Crippen molar-refractivity contribution in [3.8, 4) is 0 Å². The first kappa shape index (κ1) is 25.1. The summed E-state index contributed by atoms with van der Waals surface area (Å²) >= 11 is 0. The number of piperazine rings is 1.